The summed E-state index contributed by atoms with van der Waals surface area (Å²) >= 11 is 0. The van der Waals surface area contributed by atoms with Crippen molar-refractivity contribution in [1.82, 2.24) is 9.80 Å². The molecule has 138 valence electrons. The fraction of sp³-hybridized carbons (Fsp3) is 0.500. The topological polar surface area (TPSA) is 102 Å². The van der Waals surface area contributed by atoms with Crippen molar-refractivity contribution in [2.45, 2.75) is 31.8 Å². The van der Waals surface area contributed by atoms with E-state index in [-0.39, 0.29) is 43.4 Å². The van der Waals surface area contributed by atoms with Crippen molar-refractivity contribution in [2.24, 2.45) is 11.7 Å². The molecule has 2 saturated heterocycles. The zero-order chi connectivity index (χ0) is 18.3. The summed E-state index contributed by atoms with van der Waals surface area (Å²) in [6.45, 7) is 1.62. The van der Waals surface area contributed by atoms with Gasteiger partial charge in [0.1, 0.15) is 0 Å². The van der Waals surface area contributed by atoms with Gasteiger partial charge < -0.3 is 15.2 Å². The molecule has 2 fully saturated rings. The van der Waals surface area contributed by atoms with Crippen LogP contribution in [-0.4, -0.2) is 53.4 Å². The van der Waals surface area contributed by atoms with Crippen LogP contribution in [0, 0.1) is 5.92 Å². The fourth-order valence-corrected chi connectivity index (χ4v) is 3.83. The van der Waals surface area contributed by atoms with E-state index in [1.54, 1.807) is 12.1 Å². The van der Waals surface area contributed by atoms with Crippen LogP contribution in [0.15, 0.2) is 18.2 Å². The van der Waals surface area contributed by atoms with Crippen molar-refractivity contribution in [3.63, 3.8) is 0 Å². The molecule has 0 aliphatic carbocycles. The van der Waals surface area contributed by atoms with Crippen LogP contribution in [0.4, 0.5) is 0 Å². The molecular weight excluding hydrogens is 338 g/mol. The summed E-state index contributed by atoms with van der Waals surface area (Å²) in [4.78, 5) is 39.8. The Morgan fingerprint density at radius 1 is 1.15 bits per heavy atom. The maximum absolute atomic E-state index is 12.8. The Balaban J connectivity index is 1.42. The molecule has 2 N–H and O–H groups in total. The number of nitrogens with two attached hydrogens (primary N) is 1. The molecule has 0 bridgehead atoms. The van der Waals surface area contributed by atoms with Crippen molar-refractivity contribution in [3.05, 3.63) is 23.8 Å². The first-order valence-corrected chi connectivity index (χ1v) is 8.79. The number of primary amides is 1. The maximum Gasteiger partial charge on any atom is 0.247 e. The lowest BCUT2D eigenvalue weighted by Crippen LogP contribution is -2.47. The molecule has 0 aromatic heterocycles. The summed E-state index contributed by atoms with van der Waals surface area (Å²) in [6, 6.07) is 4.98. The van der Waals surface area contributed by atoms with Crippen molar-refractivity contribution in [2.75, 3.05) is 19.9 Å². The van der Waals surface area contributed by atoms with Crippen molar-refractivity contribution >= 4 is 17.7 Å². The highest BCUT2D eigenvalue weighted by atomic mass is 16.7. The Kier molecular flexibility index (Phi) is 4.28. The summed E-state index contributed by atoms with van der Waals surface area (Å²) < 4.78 is 10.6. The van der Waals surface area contributed by atoms with Gasteiger partial charge in [-0.2, -0.15) is 0 Å². The van der Waals surface area contributed by atoms with Crippen LogP contribution in [0.3, 0.4) is 0 Å². The third kappa shape index (κ3) is 3.01. The third-order valence-corrected chi connectivity index (χ3v) is 5.37. The summed E-state index contributed by atoms with van der Waals surface area (Å²) in [5.74, 6) is 0.528. The molecule has 3 aliphatic heterocycles. The van der Waals surface area contributed by atoms with Gasteiger partial charge in [-0.25, -0.2) is 0 Å². The Labute approximate surface area is 150 Å². The Morgan fingerprint density at radius 3 is 2.62 bits per heavy atom. The van der Waals surface area contributed by atoms with Crippen molar-refractivity contribution in [3.8, 4) is 11.5 Å². The highest BCUT2D eigenvalue weighted by molar-refractivity contribution is 6.05. The largest absolute Gasteiger partial charge is 0.454 e. The quantitative estimate of drug-likeness (QED) is 0.773. The number of carbonyl (C=O) groups is 3. The van der Waals surface area contributed by atoms with Crippen molar-refractivity contribution < 1.29 is 23.9 Å². The highest BCUT2D eigenvalue weighted by Gasteiger charge is 2.43. The molecule has 26 heavy (non-hydrogen) atoms. The van der Waals surface area contributed by atoms with Crippen LogP contribution in [-0.2, 0) is 20.9 Å². The van der Waals surface area contributed by atoms with Gasteiger partial charge in [0.15, 0.2) is 11.5 Å². The number of nitrogens with zero attached hydrogens (tertiary/aromatic N) is 2. The number of likely N-dealkylation sites (tertiary alicyclic amines) is 2. The average molecular weight is 359 g/mol. The number of hydrogen-bond donors (Lipinski definition) is 1. The molecule has 0 radical (unpaired) electrons. The SMILES string of the molecule is NC(=O)C1CCN([C@H]2CC(=O)N(Cc3ccc4c(c3)OCO4)C2=O)CC1. The second-order valence-corrected chi connectivity index (χ2v) is 6.94. The molecule has 4 rings (SSSR count). The molecule has 1 aromatic carbocycles. The third-order valence-electron chi connectivity index (χ3n) is 5.37. The monoisotopic (exact) mass is 359 g/mol. The van der Waals surface area contributed by atoms with Gasteiger partial charge in [-0.3, -0.25) is 24.2 Å². The molecule has 1 aromatic rings. The number of carbonyl (C=O) groups excluding carboxylic acids is 3. The van der Waals surface area contributed by atoms with E-state index in [1.807, 2.05) is 11.0 Å². The maximum atomic E-state index is 12.8. The summed E-state index contributed by atoms with van der Waals surface area (Å²) in [5.41, 5.74) is 6.18. The predicted octanol–water partition coefficient (Wildman–Crippen LogP) is 0.240. The number of ether oxygens (including phenoxy) is 2. The second kappa shape index (κ2) is 6.60. The molecule has 3 aliphatic rings. The first-order valence-electron chi connectivity index (χ1n) is 8.79. The molecule has 8 heteroatoms. The van der Waals surface area contributed by atoms with E-state index in [0.29, 0.717) is 37.4 Å². The van der Waals surface area contributed by atoms with Gasteiger partial charge in [0, 0.05) is 5.92 Å². The van der Waals surface area contributed by atoms with Gasteiger partial charge in [-0.05, 0) is 43.6 Å². The molecule has 0 saturated carbocycles. The average Bonchev–Trinajstić information content (AvgIpc) is 3.21. The second-order valence-electron chi connectivity index (χ2n) is 6.94. The Hall–Kier alpha value is -2.61. The standard InChI is InChI=1S/C18H21N3O5/c19-17(23)12-3-5-20(6-4-12)13-8-16(22)21(18(13)24)9-11-1-2-14-15(7-11)26-10-25-14/h1-2,7,12-13H,3-6,8-10H2,(H2,19,23)/t13-/m0/s1. The minimum atomic E-state index is -0.440. The summed E-state index contributed by atoms with van der Waals surface area (Å²) in [5, 5.41) is 0. The van der Waals surface area contributed by atoms with E-state index in [2.05, 4.69) is 0 Å². The smallest absolute Gasteiger partial charge is 0.247 e. The first kappa shape index (κ1) is 16.8. The number of benzene rings is 1. The van der Waals surface area contributed by atoms with Crippen LogP contribution >= 0.6 is 0 Å². The molecule has 0 unspecified atom stereocenters. The zero-order valence-corrected chi connectivity index (χ0v) is 14.3. The molecule has 3 heterocycles. The lowest BCUT2D eigenvalue weighted by atomic mass is 9.95. The van der Waals surface area contributed by atoms with Gasteiger partial charge in [0.2, 0.25) is 24.5 Å². The van der Waals surface area contributed by atoms with Gasteiger partial charge >= 0.3 is 0 Å². The first-order chi connectivity index (χ1) is 12.5. The van der Waals surface area contributed by atoms with E-state index in [0.717, 1.165) is 5.56 Å². The van der Waals surface area contributed by atoms with Crippen LogP contribution < -0.4 is 15.2 Å². The summed E-state index contributed by atoms with van der Waals surface area (Å²) in [6.07, 6.45) is 1.45. The Bertz CT molecular complexity index is 757. The number of amides is 3. The normalized spacial score (nSPS) is 23.7. The molecule has 8 nitrogen and oxygen atoms in total. The van der Waals surface area contributed by atoms with Gasteiger partial charge in [-0.1, -0.05) is 6.07 Å². The number of rotatable bonds is 4. The molecule has 3 amide bonds. The number of fused-ring (bicyclic) bond motifs is 1. The van der Waals surface area contributed by atoms with E-state index >= 15 is 0 Å². The van der Waals surface area contributed by atoms with Crippen LogP contribution in [0.2, 0.25) is 0 Å². The van der Waals surface area contributed by atoms with E-state index < -0.39 is 6.04 Å². The van der Waals surface area contributed by atoms with Gasteiger partial charge in [-0.15, -0.1) is 0 Å². The van der Waals surface area contributed by atoms with E-state index in [9.17, 15) is 14.4 Å². The Morgan fingerprint density at radius 2 is 1.88 bits per heavy atom. The minimum absolute atomic E-state index is 0.136. The number of hydrogen-bond acceptors (Lipinski definition) is 6. The van der Waals surface area contributed by atoms with E-state index in [1.165, 1.54) is 4.90 Å². The lowest BCUT2D eigenvalue weighted by Gasteiger charge is -2.33. The zero-order valence-electron chi connectivity index (χ0n) is 14.3. The van der Waals surface area contributed by atoms with Crippen LogP contribution in [0.1, 0.15) is 24.8 Å². The van der Waals surface area contributed by atoms with Crippen molar-refractivity contribution in [1.29, 1.82) is 0 Å². The molecule has 0 spiro atoms. The van der Waals surface area contributed by atoms with Gasteiger partial charge in [0.25, 0.3) is 0 Å². The number of piperidine rings is 1. The van der Waals surface area contributed by atoms with Crippen LogP contribution in [0.25, 0.3) is 0 Å². The molecular formula is C18H21N3O5. The van der Waals surface area contributed by atoms with Gasteiger partial charge in [0.05, 0.1) is 19.0 Å². The lowest BCUT2D eigenvalue weighted by molar-refractivity contribution is -0.140. The number of imide groups is 1. The van der Waals surface area contributed by atoms with E-state index in [4.69, 9.17) is 15.2 Å². The highest BCUT2D eigenvalue weighted by Crippen LogP contribution is 2.33. The summed E-state index contributed by atoms with van der Waals surface area (Å²) in [7, 11) is 0. The van der Waals surface area contributed by atoms with Crippen LogP contribution in [0.5, 0.6) is 11.5 Å². The molecule has 1 atom stereocenters. The minimum Gasteiger partial charge on any atom is -0.454 e. The predicted molar refractivity (Wildman–Crippen MR) is 90.0 cm³/mol. The fourth-order valence-electron chi connectivity index (χ4n) is 3.83.